The van der Waals surface area contributed by atoms with Crippen LogP contribution in [-0.4, -0.2) is 29.0 Å². The molecule has 0 saturated carbocycles. The van der Waals surface area contributed by atoms with Crippen molar-refractivity contribution in [2.75, 3.05) is 12.0 Å². The Bertz CT molecular complexity index is 1050. The monoisotopic (exact) mass is 461 g/mol. The van der Waals surface area contributed by atoms with Gasteiger partial charge < -0.3 is 4.74 Å². The van der Waals surface area contributed by atoms with Gasteiger partial charge in [0.1, 0.15) is 5.57 Å². The topological polar surface area (TPSA) is 102 Å². The first-order valence-electron chi connectivity index (χ1n) is 7.81. The summed E-state index contributed by atoms with van der Waals surface area (Å²) in [5, 5.41) is 13.6. The Hall–Kier alpha value is -3.11. The highest BCUT2D eigenvalue weighted by molar-refractivity contribution is 9.10. The van der Waals surface area contributed by atoms with Crippen molar-refractivity contribution in [3.8, 4) is 5.75 Å². The smallest absolute Gasteiger partial charge is 0.311 e. The fourth-order valence-electron chi connectivity index (χ4n) is 2.61. The molecule has 3 rings (SSSR count). The van der Waals surface area contributed by atoms with Crippen molar-refractivity contribution >= 4 is 62.5 Å². The Kier molecular flexibility index (Phi) is 5.52. The third-order valence-corrected chi connectivity index (χ3v) is 4.66. The van der Waals surface area contributed by atoms with E-state index < -0.39 is 16.7 Å². The highest BCUT2D eigenvalue weighted by Crippen LogP contribution is 2.29. The van der Waals surface area contributed by atoms with Crippen LogP contribution < -0.4 is 15.0 Å². The van der Waals surface area contributed by atoms with E-state index in [4.69, 9.17) is 17.0 Å². The number of hydrogen-bond donors (Lipinski definition) is 1. The summed E-state index contributed by atoms with van der Waals surface area (Å²) in [6, 6.07) is 11.0. The van der Waals surface area contributed by atoms with Crippen LogP contribution in [-0.2, 0) is 9.59 Å². The number of nitrogens with one attached hydrogen (secondary N) is 1. The number of thiocarbonyl (C=S) groups is 1. The van der Waals surface area contributed by atoms with E-state index in [1.165, 1.54) is 36.3 Å². The molecule has 2 aromatic rings. The maximum atomic E-state index is 12.9. The van der Waals surface area contributed by atoms with E-state index in [0.717, 1.165) is 4.47 Å². The van der Waals surface area contributed by atoms with Crippen LogP contribution in [0.5, 0.6) is 5.75 Å². The lowest BCUT2D eigenvalue weighted by molar-refractivity contribution is -0.385. The predicted octanol–water partition coefficient (Wildman–Crippen LogP) is 3.20. The van der Waals surface area contributed by atoms with Crippen LogP contribution in [0.3, 0.4) is 0 Å². The molecule has 1 saturated heterocycles. The molecule has 1 N–H and O–H groups in total. The molecule has 0 spiro atoms. The van der Waals surface area contributed by atoms with E-state index >= 15 is 0 Å². The van der Waals surface area contributed by atoms with Gasteiger partial charge in [0, 0.05) is 10.5 Å². The van der Waals surface area contributed by atoms with E-state index in [1.807, 2.05) is 0 Å². The predicted molar refractivity (Wildman–Crippen MR) is 110 cm³/mol. The zero-order chi connectivity index (χ0) is 20.4. The lowest BCUT2D eigenvalue weighted by Crippen LogP contribution is -2.54. The number of ether oxygens (including phenoxy) is 1. The molecule has 1 fully saturated rings. The van der Waals surface area contributed by atoms with Crippen LogP contribution in [0.2, 0.25) is 0 Å². The maximum Gasteiger partial charge on any atom is 0.311 e. The first-order chi connectivity index (χ1) is 13.3. The van der Waals surface area contributed by atoms with Gasteiger partial charge in [-0.1, -0.05) is 28.1 Å². The summed E-state index contributed by atoms with van der Waals surface area (Å²) in [7, 11) is 1.31. The van der Waals surface area contributed by atoms with E-state index in [9.17, 15) is 19.7 Å². The molecule has 2 amide bonds. The normalized spacial score (nSPS) is 15.6. The number of nitro groups is 1. The molecule has 28 heavy (non-hydrogen) atoms. The Morgan fingerprint density at radius 1 is 1.25 bits per heavy atom. The van der Waals surface area contributed by atoms with E-state index in [1.54, 1.807) is 24.3 Å². The van der Waals surface area contributed by atoms with Crippen molar-refractivity contribution in [2.24, 2.45) is 0 Å². The molecule has 0 bridgehead atoms. The Morgan fingerprint density at radius 2 is 2.00 bits per heavy atom. The minimum Gasteiger partial charge on any atom is -0.490 e. The molecule has 0 aliphatic carbocycles. The number of nitro benzene ring substituents is 1. The van der Waals surface area contributed by atoms with E-state index in [-0.39, 0.29) is 22.1 Å². The maximum absolute atomic E-state index is 12.9. The molecule has 1 aliphatic heterocycles. The molecule has 1 aliphatic rings. The lowest BCUT2D eigenvalue weighted by Gasteiger charge is -2.29. The largest absolute Gasteiger partial charge is 0.490 e. The lowest BCUT2D eigenvalue weighted by atomic mass is 10.1. The summed E-state index contributed by atoms with van der Waals surface area (Å²) in [6.07, 6.45) is 1.27. The van der Waals surface area contributed by atoms with Crippen molar-refractivity contribution in [3.05, 3.63) is 68.2 Å². The summed E-state index contributed by atoms with van der Waals surface area (Å²) in [5.74, 6) is -1.24. The molecule has 2 aromatic carbocycles. The van der Waals surface area contributed by atoms with Crippen LogP contribution in [0.4, 0.5) is 11.4 Å². The van der Waals surface area contributed by atoms with Gasteiger partial charge in [0.25, 0.3) is 11.8 Å². The number of hydrogen-bond acceptors (Lipinski definition) is 6. The molecular weight excluding hydrogens is 450 g/mol. The third-order valence-electron chi connectivity index (χ3n) is 3.88. The number of carbonyl (C=O) groups excluding carboxylic acids is 2. The second-order valence-electron chi connectivity index (χ2n) is 5.63. The third kappa shape index (κ3) is 3.78. The summed E-state index contributed by atoms with van der Waals surface area (Å²) in [4.78, 5) is 37.0. The van der Waals surface area contributed by atoms with Crippen LogP contribution in [0.25, 0.3) is 6.08 Å². The number of amides is 2. The molecular formula is C18H12BrN3O5S. The van der Waals surface area contributed by atoms with Gasteiger partial charge in [-0.2, -0.15) is 0 Å². The molecule has 8 nitrogen and oxygen atoms in total. The zero-order valence-electron chi connectivity index (χ0n) is 14.3. The SMILES string of the molecule is COc1ccc(/C=C2\C(=O)NC(=S)N(c3cccc(Br)c3)C2=O)cc1[N+](=O)[O-]. The minimum absolute atomic E-state index is 0.0500. The highest BCUT2D eigenvalue weighted by atomic mass is 79.9. The summed E-state index contributed by atoms with van der Waals surface area (Å²) >= 11 is 8.46. The molecule has 0 radical (unpaired) electrons. The second kappa shape index (κ2) is 7.87. The molecule has 142 valence electrons. The molecule has 1 heterocycles. The van der Waals surface area contributed by atoms with Gasteiger partial charge in [0.15, 0.2) is 10.9 Å². The average Bonchev–Trinajstić information content (AvgIpc) is 2.65. The minimum atomic E-state index is -0.681. The fraction of sp³-hybridized carbons (Fsp3) is 0.0556. The number of anilines is 1. The van der Waals surface area contributed by atoms with Gasteiger partial charge in [0.05, 0.1) is 17.7 Å². The van der Waals surface area contributed by atoms with Gasteiger partial charge in [-0.25, -0.2) is 0 Å². The average molecular weight is 462 g/mol. The van der Waals surface area contributed by atoms with Crippen molar-refractivity contribution in [1.29, 1.82) is 0 Å². The number of rotatable bonds is 4. The van der Waals surface area contributed by atoms with Gasteiger partial charge >= 0.3 is 5.69 Å². The molecule has 10 heteroatoms. The first kappa shape index (κ1) is 19.6. The Morgan fingerprint density at radius 3 is 2.64 bits per heavy atom. The van der Waals surface area contributed by atoms with Crippen molar-refractivity contribution in [2.45, 2.75) is 0 Å². The van der Waals surface area contributed by atoms with Crippen LogP contribution >= 0.6 is 28.1 Å². The van der Waals surface area contributed by atoms with Gasteiger partial charge in [-0.15, -0.1) is 0 Å². The van der Waals surface area contributed by atoms with Crippen molar-refractivity contribution < 1.29 is 19.2 Å². The standard InChI is InChI=1S/C18H12BrN3O5S/c1-27-15-6-5-10(8-14(15)22(25)26)7-13-16(23)20-18(28)21(17(13)24)12-4-2-3-11(19)9-12/h2-9H,1H3,(H,20,23,28)/b13-7+. The molecule has 0 aromatic heterocycles. The number of nitrogens with zero attached hydrogens (tertiary/aromatic N) is 2. The number of methoxy groups -OCH3 is 1. The van der Waals surface area contributed by atoms with E-state index in [0.29, 0.717) is 11.3 Å². The number of carbonyl (C=O) groups is 2. The van der Waals surface area contributed by atoms with Crippen LogP contribution in [0.15, 0.2) is 52.5 Å². The Labute approximate surface area is 173 Å². The number of benzene rings is 2. The summed E-state index contributed by atoms with van der Waals surface area (Å²) in [6.45, 7) is 0. The number of halogens is 1. The quantitative estimate of drug-likeness (QED) is 0.246. The second-order valence-corrected chi connectivity index (χ2v) is 6.93. The molecule has 0 atom stereocenters. The van der Waals surface area contributed by atoms with Gasteiger partial charge in [-0.3, -0.25) is 29.9 Å². The fourth-order valence-corrected chi connectivity index (χ4v) is 3.28. The van der Waals surface area contributed by atoms with Crippen molar-refractivity contribution in [1.82, 2.24) is 5.32 Å². The highest BCUT2D eigenvalue weighted by Gasteiger charge is 2.34. The Balaban J connectivity index is 2.04. The zero-order valence-corrected chi connectivity index (χ0v) is 16.7. The summed E-state index contributed by atoms with van der Waals surface area (Å²) < 4.78 is 5.69. The van der Waals surface area contributed by atoms with Crippen molar-refractivity contribution in [3.63, 3.8) is 0 Å². The van der Waals surface area contributed by atoms with Crippen LogP contribution in [0.1, 0.15) is 5.56 Å². The van der Waals surface area contributed by atoms with Gasteiger partial charge in [-0.05, 0) is 48.1 Å². The van der Waals surface area contributed by atoms with E-state index in [2.05, 4.69) is 21.2 Å². The first-order valence-corrected chi connectivity index (χ1v) is 9.01. The summed E-state index contributed by atoms with van der Waals surface area (Å²) in [5.41, 5.74) is 0.289. The van der Waals surface area contributed by atoms with Crippen LogP contribution in [0, 0.1) is 10.1 Å². The molecule has 0 unspecified atom stereocenters. The van der Waals surface area contributed by atoms with Gasteiger partial charge in [0.2, 0.25) is 0 Å².